The molecule has 102 valence electrons. The first kappa shape index (κ1) is 13.4. The zero-order valence-electron chi connectivity index (χ0n) is 9.89. The molecule has 0 bridgehead atoms. The van der Waals surface area contributed by atoms with Crippen LogP contribution in [0, 0.1) is 5.82 Å². The predicted octanol–water partition coefficient (Wildman–Crippen LogP) is 0.878. The summed E-state index contributed by atoms with van der Waals surface area (Å²) in [5.41, 5.74) is -0.281. The molecule has 6 nitrogen and oxygen atoms in total. The largest absolute Gasteiger partial charge is 0.478 e. The Bertz CT molecular complexity index is 499. The molecule has 1 aromatic rings. The number of ether oxygens (including phenoxy) is 2. The van der Waals surface area contributed by atoms with Gasteiger partial charge in [0.25, 0.3) is 5.91 Å². The van der Waals surface area contributed by atoms with Gasteiger partial charge in [0.15, 0.2) is 6.10 Å². The molecular weight excluding hydrogens is 257 g/mol. The Kier molecular flexibility index (Phi) is 4.08. The molecule has 0 aromatic heterocycles. The van der Waals surface area contributed by atoms with E-state index < -0.39 is 23.8 Å². The van der Waals surface area contributed by atoms with Crippen LogP contribution < -0.4 is 5.32 Å². The van der Waals surface area contributed by atoms with E-state index in [0.717, 1.165) is 6.07 Å². The van der Waals surface area contributed by atoms with Crippen molar-refractivity contribution in [3.8, 4) is 0 Å². The lowest BCUT2D eigenvalue weighted by atomic mass is 10.2. The summed E-state index contributed by atoms with van der Waals surface area (Å²) in [4.78, 5) is 22.4. The molecule has 2 N–H and O–H groups in total. The molecule has 0 aliphatic carbocycles. The van der Waals surface area contributed by atoms with E-state index in [0.29, 0.717) is 13.2 Å². The van der Waals surface area contributed by atoms with Crippen LogP contribution in [0.5, 0.6) is 0 Å². The maximum atomic E-state index is 13.6. The van der Waals surface area contributed by atoms with E-state index in [9.17, 15) is 14.0 Å². The van der Waals surface area contributed by atoms with Crippen molar-refractivity contribution in [2.45, 2.75) is 6.10 Å². The fraction of sp³-hybridized carbons (Fsp3) is 0.333. The third-order valence-electron chi connectivity index (χ3n) is 2.58. The van der Waals surface area contributed by atoms with Crippen molar-refractivity contribution in [3.63, 3.8) is 0 Å². The normalized spacial score (nSPS) is 18.9. The van der Waals surface area contributed by atoms with Crippen molar-refractivity contribution in [1.82, 2.24) is 0 Å². The zero-order valence-corrected chi connectivity index (χ0v) is 9.89. The van der Waals surface area contributed by atoms with Gasteiger partial charge in [0.1, 0.15) is 5.82 Å². The summed E-state index contributed by atoms with van der Waals surface area (Å²) < 4.78 is 23.8. The Balaban J connectivity index is 2.06. The lowest BCUT2D eigenvalue weighted by Gasteiger charge is -2.22. The molecule has 1 amide bonds. The molecule has 7 heteroatoms. The number of rotatable bonds is 3. The van der Waals surface area contributed by atoms with Crippen molar-refractivity contribution in [3.05, 3.63) is 29.6 Å². The average Bonchev–Trinajstić information content (AvgIpc) is 2.41. The van der Waals surface area contributed by atoms with Gasteiger partial charge in [0.05, 0.1) is 31.1 Å². The Morgan fingerprint density at radius 3 is 2.74 bits per heavy atom. The molecule has 0 spiro atoms. The smallest absolute Gasteiger partial charge is 0.335 e. The van der Waals surface area contributed by atoms with Crippen LogP contribution in [0.4, 0.5) is 10.1 Å². The highest BCUT2D eigenvalue weighted by Gasteiger charge is 2.23. The SMILES string of the molecule is O=C(O)c1ccc(NC(=O)[C@H]2COCCO2)c(F)c1. The Morgan fingerprint density at radius 2 is 2.16 bits per heavy atom. The molecule has 1 atom stereocenters. The van der Waals surface area contributed by atoms with E-state index in [-0.39, 0.29) is 17.9 Å². The summed E-state index contributed by atoms with van der Waals surface area (Å²) in [6.07, 6.45) is -0.785. The highest BCUT2D eigenvalue weighted by molar-refractivity contribution is 5.95. The Labute approximate surface area is 108 Å². The number of carboxylic acid groups (broad SMARTS) is 1. The van der Waals surface area contributed by atoms with Crippen LogP contribution in [0.1, 0.15) is 10.4 Å². The molecule has 1 saturated heterocycles. The number of carbonyl (C=O) groups is 2. The molecule has 1 heterocycles. The van der Waals surface area contributed by atoms with Crippen LogP contribution in [-0.2, 0) is 14.3 Å². The first-order valence-electron chi connectivity index (χ1n) is 5.61. The molecule has 0 saturated carbocycles. The van der Waals surface area contributed by atoms with Crippen molar-refractivity contribution in [2.24, 2.45) is 0 Å². The summed E-state index contributed by atoms with van der Waals surface area (Å²) in [5.74, 6) is -2.58. The topological polar surface area (TPSA) is 84.9 Å². The van der Waals surface area contributed by atoms with Crippen molar-refractivity contribution >= 4 is 17.6 Å². The van der Waals surface area contributed by atoms with Crippen LogP contribution in [0.15, 0.2) is 18.2 Å². The van der Waals surface area contributed by atoms with Gasteiger partial charge in [0.2, 0.25) is 0 Å². The van der Waals surface area contributed by atoms with Gasteiger partial charge in [-0.3, -0.25) is 4.79 Å². The Hall–Kier alpha value is -1.99. The maximum absolute atomic E-state index is 13.6. The second-order valence-corrected chi connectivity index (χ2v) is 3.92. The summed E-state index contributed by atoms with van der Waals surface area (Å²) in [7, 11) is 0. The minimum Gasteiger partial charge on any atom is -0.478 e. The van der Waals surface area contributed by atoms with E-state index >= 15 is 0 Å². The maximum Gasteiger partial charge on any atom is 0.335 e. The van der Waals surface area contributed by atoms with Gasteiger partial charge < -0.3 is 19.9 Å². The van der Waals surface area contributed by atoms with Crippen LogP contribution >= 0.6 is 0 Å². The number of carboxylic acids is 1. The highest BCUT2D eigenvalue weighted by atomic mass is 19.1. The molecule has 0 unspecified atom stereocenters. The van der Waals surface area contributed by atoms with Gasteiger partial charge >= 0.3 is 5.97 Å². The van der Waals surface area contributed by atoms with E-state index in [2.05, 4.69) is 5.32 Å². The van der Waals surface area contributed by atoms with Crippen molar-refractivity contribution < 1.29 is 28.6 Å². The van der Waals surface area contributed by atoms with Crippen molar-refractivity contribution in [2.75, 3.05) is 25.1 Å². The molecule has 1 aliphatic heterocycles. The van der Waals surface area contributed by atoms with E-state index in [1.165, 1.54) is 12.1 Å². The van der Waals surface area contributed by atoms with Crippen molar-refractivity contribution in [1.29, 1.82) is 0 Å². The number of benzene rings is 1. The predicted molar refractivity (Wildman–Crippen MR) is 62.5 cm³/mol. The number of halogens is 1. The molecule has 1 aliphatic rings. The molecule has 19 heavy (non-hydrogen) atoms. The molecule has 1 aromatic carbocycles. The third-order valence-corrected chi connectivity index (χ3v) is 2.58. The molecular formula is C12H12FNO5. The zero-order chi connectivity index (χ0) is 13.8. The monoisotopic (exact) mass is 269 g/mol. The van der Waals surface area contributed by atoms with Crippen LogP contribution in [0.2, 0.25) is 0 Å². The van der Waals surface area contributed by atoms with E-state index in [1.807, 2.05) is 0 Å². The first-order chi connectivity index (χ1) is 9.08. The second-order valence-electron chi connectivity index (χ2n) is 3.92. The van der Waals surface area contributed by atoms with Gasteiger partial charge in [-0.2, -0.15) is 0 Å². The fourth-order valence-electron chi connectivity index (χ4n) is 1.60. The number of anilines is 1. The van der Waals surface area contributed by atoms with Crippen LogP contribution in [0.25, 0.3) is 0 Å². The van der Waals surface area contributed by atoms with Gasteiger partial charge in [0, 0.05) is 0 Å². The fourth-order valence-corrected chi connectivity index (χ4v) is 1.60. The summed E-state index contributed by atoms with van der Waals surface area (Å²) >= 11 is 0. The lowest BCUT2D eigenvalue weighted by molar-refractivity contribution is -0.142. The molecule has 2 rings (SSSR count). The summed E-state index contributed by atoms with van der Waals surface area (Å²) in [5, 5.41) is 11.0. The lowest BCUT2D eigenvalue weighted by Crippen LogP contribution is -2.39. The van der Waals surface area contributed by atoms with E-state index in [4.69, 9.17) is 14.6 Å². The second kappa shape index (κ2) is 5.77. The quantitative estimate of drug-likeness (QED) is 0.850. The minimum atomic E-state index is -1.24. The average molecular weight is 269 g/mol. The summed E-state index contributed by atoms with van der Waals surface area (Å²) in [6.45, 7) is 0.838. The first-order valence-corrected chi connectivity index (χ1v) is 5.61. The summed E-state index contributed by atoms with van der Waals surface area (Å²) in [6, 6.07) is 3.25. The van der Waals surface area contributed by atoms with Gasteiger partial charge in [-0.1, -0.05) is 0 Å². The number of amides is 1. The number of nitrogens with one attached hydrogen (secondary N) is 1. The molecule has 0 radical (unpaired) electrons. The standard InChI is InChI=1S/C12H12FNO5/c13-8-5-7(12(16)17)1-2-9(8)14-11(15)10-6-18-3-4-19-10/h1-2,5,10H,3-4,6H2,(H,14,15)(H,16,17)/t10-/m1/s1. The minimum absolute atomic E-state index is 0.0934. The van der Waals surface area contributed by atoms with Crippen LogP contribution in [0.3, 0.4) is 0 Å². The third kappa shape index (κ3) is 3.27. The van der Waals surface area contributed by atoms with Gasteiger partial charge in [-0.05, 0) is 18.2 Å². The number of aromatic carboxylic acids is 1. The van der Waals surface area contributed by atoms with Gasteiger partial charge in [-0.25, -0.2) is 9.18 Å². The Morgan fingerprint density at radius 1 is 1.37 bits per heavy atom. The number of hydrogen-bond acceptors (Lipinski definition) is 4. The number of hydrogen-bond donors (Lipinski definition) is 2. The van der Waals surface area contributed by atoms with E-state index in [1.54, 1.807) is 0 Å². The highest BCUT2D eigenvalue weighted by Crippen LogP contribution is 2.17. The van der Waals surface area contributed by atoms with Gasteiger partial charge in [-0.15, -0.1) is 0 Å². The number of carbonyl (C=O) groups excluding carboxylic acids is 1. The van der Waals surface area contributed by atoms with Crippen LogP contribution in [-0.4, -0.2) is 42.9 Å². The molecule has 1 fully saturated rings.